The van der Waals surface area contributed by atoms with Crippen LogP contribution >= 0.6 is 0 Å². The minimum Gasteiger partial charge on any atom is -0.497 e. The second-order valence-electron chi connectivity index (χ2n) is 10.1. The van der Waals surface area contributed by atoms with Gasteiger partial charge >= 0.3 is 0 Å². The van der Waals surface area contributed by atoms with Gasteiger partial charge in [0.1, 0.15) is 17.0 Å². The molecule has 0 radical (unpaired) electrons. The Hall–Kier alpha value is -4.39. The van der Waals surface area contributed by atoms with E-state index < -0.39 is 5.54 Å². The number of amides is 2. The van der Waals surface area contributed by atoms with Crippen LogP contribution in [-0.2, 0) is 17.9 Å². The highest BCUT2D eigenvalue weighted by Crippen LogP contribution is 2.35. The summed E-state index contributed by atoms with van der Waals surface area (Å²) in [5.74, 6) is 0.593. The predicted octanol–water partition coefficient (Wildman–Crippen LogP) is 5.42. The van der Waals surface area contributed by atoms with E-state index in [1.807, 2.05) is 78.9 Å². The van der Waals surface area contributed by atoms with E-state index in [4.69, 9.17) is 9.84 Å². The van der Waals surface area contributed by atoms with E-state index in [1.54, 1.807) is 29.7 Å². The van der Waals surface area contributed by atoms with Crippen LogP contribution < -0.4 is 15.0 Å². The molecule has 2 heterocycles. The molecule has 1 unspecified atom stereocenters. The van der Waals surface area contributed by atoms with Crippen LogP contribution in [-0.4, -0.2) is 34.2 Å². The van der Waals surface area contributed by atoms with Gasteiger partial charge in [0.25, 0.3) is 5.91 Å². The molecule has 7 nitrogen and oxygen atoms in total. The zero-order valence-electron chi connectivity index (χ0n) is 22.1. The van der Waals surface area contributed by atoms with Gasteiger partial charge in [0.15, 0.2) is 0 Å². The number of hydrogen-bond donors (Lipinski definition) is 1. The molecule has 1 N–H and O–H groups in total. The molecule has 7 heteroatoms. The maximum absolute atomic E-state index is 14.0. The molecule has 38 heavy (non-hydrogen) atoms. The monoisotopic (exact) mass is 508 g/mol. The number of ether oxygens (including phenoxy) is 1. The molecule has 3 aromatic carbocycles. The standard InChI is InChI=1S/C31H32N4O3/c1-21(2)23-10-14-25(15-11-23)35-29(36)28-18-27(24-12-16-26(38-4)17-13-24)33-34(28)20-31(35,3)30(37)32-19-22-8-6-5-7-9-22/h5-18,21H,19-20H2,1-4H3,(H,32,37). The van der Waals surface area contributed by atoms with Crippen LogP contribution in [0, 0.1) is 0 Å². The number of nitrogens with zero attached hydrogens (tertiary/aromatic N) is 3. The summed E-state index contributed by atoms with van der Waals surface area (Å²) in [6.07, 6.45) is 0. The van der Waals surface area contributed by atoms with Gasteiger partial charge in [-0.3, -0.25) is 19.2 Å². The van der Waals surface area contributed by atoms with Crippen molar-refractivity contribution in [2.75, 3.05) is 12.0 Å². The summed E-state index contributed by atoms with van der Waals surface area (Å²) in [6.45, 7) is 6.64. The number of aromatic nitrogens is 2. The lowest BCUT2D eigenvalue weighted by atomic mass is 9.93. The van der Waals surface area contributed by atoms with E-state index in [-0.39, 0.29) is 18.4 Å². The highest BCUT2D eigenvalue weighted by atomic mass is 16.5. The average Bonchev–Trinajstić information content (AvgIpc) is 3.36. The van der Waals surface area contributed by atoms with Crippen molar-refractivity contribution in [3.8, 4) is 17.0 Å². The van der Waals surface area contributed by atoms with Crippen molar-refractivity contribution < 1.29 is 14.3 Å². The Balaban J connectivity index is 1.53. The molecule has 1 aromatic heterocycles. The number of benzene rings is 3. The van der Waals surface area contributed by atoms with Gasteiger partial charge in [-0.15, -0.1) is 0 Å². The van der Waals surface area contributed by atoms with Crippen LogP contribution in [0.25, 0.3) is 11.3 Å². The molecule has 0 bridgehead atoms. The van der Waals surface area contributed by atoms with Gasteiger partial charge in [0.2, 0.25) is 5.91 Å². The maximum Gasteiger partial charge on any atom is 0.277 e. The highest BCUT2D eigenvalue weighted by molar-refractivity contribution is 6.12. The lowest BCUT2D eigenvalue weighted by Gasteiger charge is -2.43. The molecule has 194 valence electrons. The third-order valence-electron chi connectivity index (χ3n) is 7.14. The quantitative estimate of drug-likeness (QED) is 0.362. The number of methoxy groups -OCH3 is 1. The van der Waals surface area contributed by atoms with Crippen LogP contribution in [0.2, 0.25) is 0 Å². The van der Waals surface area contributed by atoms with Gasteiger partial charge in [-0.1, -0.05) is 56.3 Å². The Labute approximate surface area is 223 Å². The van der Waals surface area contributed by atoms with Crippen molar-refractivity contribution in [1.29, 1.82) is 0 Å². The minimum atomic E-state index is -1.19. The first-order valence-electron chi connectivity index (χ1n) is 12.8. The molecule has 2 amide bonds. The van der Waals surface area contributed by atoms with E-state index in [9.17, 15) is 9.59 Å². The average molecular weight is 509 g/mol. The summed E-state index contributed by atoms with van der Waals surface area (Å²) >= 11 is 0. The highest BCUT2D eigenvalue weighted by Gasteiger charge is 2.48. The van der Waals surface area contributed by atoms with E-state index in [0.29, 0.717) is 29.5 Å². The number of fused-ring (bicyclic) bond motifs is 1. The van der Waals surface area contributed by atoms with Gasteiger partial charge in [-0.2, -0.15) is 5.10 Å². The summed E-state index contributed by atoms with van der Waals surface area (Å²) in [7, 11) is 1.62. The van der Waals surface area contributed by atoms with Crippen LogP contribution in [0.15, 0.2) is 84.9 Å². The Morgan fingerprint density at radius 1 is 1.03 bits per heavy atom. The topological polar surface area (TPSA) is 76.5 Å². The Morgan fingerprint density at radius 2 is 1.71 bits per heavy atom. The van der Waals surface area contributed by atoms with E-state index >= 15 is 0 Å². The number of anilines is 1. The van der Waals surface area contributed by atoms with Crippen molar-refractivity contribution in [3.63, 3.8) is 0 Å². The molecule has 1 aliphatic heterocycles. The Morgan fingerprint density at radius 3 is 2.34 bits per heavy atom. The Kier molecular flexibility index (Phi) is 6.76. The molecule has 1 atom stereocenters. The lowest BCUT2D eigenvalue weighted by Crippen LogP contribution is -2.64. The molecule has 0 saturated heterocycles. The first kappa shape index (κ1) is 25.3. The third-order valence-corrected chi connectivity index (χ3v) is 7.14. The number of hydrogen-bond acceptors (Lipinski definition) is 4. The number of rotatable bonds is 7. The fourth-order valence-electron chi connectivity index (χ4n) is 4.87. The maximum atomic E-state index is 14.0. The van der Waals surface area contributed by atoms with Gasteiger partial charge in [0, 0.05) is 17.8 Å². The van der Waals surface area contributed by atoms with Crippen molar-refractivity contribution in [3.05, 3.63) is 102 Å². The van der Waals surface area contributed by atoms with Gasteiger partial charge < -0.3 is 10.1 Å². The lowest BCUT2D eigenvalue weighted by molar-refractivity contribution is -0.126. The zero-order chi connectivity index (χ0) is 26.9. The summed E-state index contributed by atoms with van der Waals surface area (Å²) < 4.78 is 6.92. The van der Waals surface area contributed by atoms with Crippen LogP contribution in [0.5, 0.6) is 5.75 Å². The largest absolute Gasteiger partial charge is 0.497 e. The molecule has 4 aromatic rings. The SMILES string of the molecule is COc1ccc(-c2cc3n(n2)CC(C)(C(=O)NCc2ccccc2)N(c2ccc(C(C)C)cc2)C3=O)cc1. The predicted molar refractivity (Wildman–Crippen MR) is 148 cm³/mol. The van der Waals surface area contributed by atoms with Crippen LogP contribution in [0.4, 0.5) is 5.69 Å². The second kappa shape index (κ2) is 10.2. The van der Waals surface area contributed by atoms with Crippen LogP contribution in [0.3, 0.4) is 0 Å². The van der Waals surface area contributed by atoms with Crippen molar-refractivity contribution in [2.24, 2.45) is 0 Å². The molecule has 1 aliphatic rings. The summed E-state index contributed by atoms with van der Waals surface area (Å²) in [5, 5.41) is 7.79. The first-order chi connectivity index (χ1) is 18.3. The number of carbonyl (C=O) groups excluding carboxylic acids is 2. The van der Waals surface area contributed by atoms with Crippen molar-refractivity contribution in [2.45, 2.75) is 45.3 Å². The molecule has 0 fully saturated rings. The summed E-state index contributed by atoms with van der Waals surface area (Å²) in [5.41, 5.74) is 3.61. The summed E-state index contributed by atoms with van der Waals surface area (Å²) in [6, 6.07) is 27.0. The molecular weight excluding hydrogens is 476 g/mol. The van der Waals surface area contributed by atoms with Crippen molar-refractivity contribution >= 4 is 17.5 Å². The summed E-state index contributed by atoms with van der Waals surface area (Å²) in [4.78, 5) is 29.5. The third kappa shape index (κ3) is 4.67. The second-order valence-corrected chi connectivity index (χ2v) is 10.1. The minimum absolute atomic E-state index is 0.219. The normalized spacial score (nSPS) is 16.9. The van der Waals surface area contributed by atoms with E-state index in [0.717, 1.165) is 16.9 Å². The molecule has 0 spiro atoms. The molecule has 5 rings (SSSR count). The molecule has 0 aliphatic carbocycles. The van der Waals surface area contributed by atoms with Crippen molar-refractivity contribution in [1.82, 2.24) is 15.1 Å². The number of nitrogens with one attached hydrogen (secondary N) is 1. The fourth-order valence-corrected chi connectivity index (χ4v) is 4.87. The number of carbonyl (C=O) groups is 2. The van der Waals surface area contributed by atoms with Gasteiger partial charge in [0.05, 0.1) is 19.3 Å². The smallest absolute Gasteiger partial charge is 0.277 e. The zero-order valence-corrected chi connectivity index (χ0v) is 22.1. The molecular formula is C31H32N4O3. The van der Waals surface area contributed by atoms with Crippen LogP contribution in [0.1, 0.15) is 48.3 Å². The fraction of sp³-hybridized carbons (Fsp3) is 0.258. The van der Waals surface area contributed by atoms with E-state index in [2.05, 4.69) is 19.2 Å². The first-order valence-corrected chi connectivity index (χ1v) is 12.8. The molecule has 0 saturated carbocycles. The van der Waals surface area contributed by atoms with Gasteiger partial charge in [-0.25, -0.2) is 0 Å². The Bertz CT molecular complexity index is 1440. The van der Waals surface area contributed by atoms with Gasteiger partial charge in [-0.05, 0) is 66.4 Å². The van der Waals surface area contributed by atoms with E-state index in [1.165, 1.54) is 5.56 Å².